The summed E-state index contributed by atoms with van der Waals surface area (Å²) in [6, 6.07) is 10.4. The molecule has 0 unspecified atom stereocenters. The summed E-state index contributed by atoms with van der Waals surface area (Å²) >= 11 is 0. The van der Waals surface area contributed by atoms with Crippen LogP contribution in [0.5, 0.6) is 0 Å². The van der Waals surface area contributed by atoms with Crippen molar-refractivity contribution in [3.8, 4) is 11.3 Å². The molecule has 4 rings (SSSR count). The van der Waals surface area contributed by atoms with Crippen molar-refractivity contribution in [2.45, 2.75) is 0 Å². The Balaban J connectivity index is 1.99. The summed E-state index contributed by atoms with van der Waals surface area (Å²) < 4.78 is 6.52. The van der Waals surface area contributed by atoms with Gasteiger partial charge in [-0.1, -0.05) is 6.07 Å². The van der Waals surface area contributed by atoms with E-state index in [4.69, 9.17) is 4.42 Å². The zero-order chi connectivity index (χ0) is 13.5. The zero-order valence-electron chi connectivity index (χ0n) is 10.2. The smallest absolute Gasteiger partial charge is 0.275 e. The summed E-state index contributed by atoms with van der Waals surface area (Å²) in [5.41, 5.74) is 3.11. The molecule has 3 heterocycles. The molecule has 0 fully saturated rings. The molecule has 0 bridgehead atoms. The zero-order valence-corrected chi connectivity index (χ0v) is 10.2. The van der Waals surface area contributed by atoms with Crippen LogP contribution in [0.25, 0.3) is 28.0 Å². The van der Waals surface area contributed by atoms with Crippen LogP contribution in [0.2, 0.25) is 0 Å². The minimum absolute atomic E-state index is 0.219. The Morgan fingerprint density at radius 3 is 3.05 bits per heavy atom. The fourth-order valence-electron chi connectivity index (χ4n) is 2.11. The van der Waals surface area contributed by atoms with E-state index in [1.165, 1.54) is 17.0 Å². The summed E-state index contributed by atoms with van der Waals surface area (Å²) in [5.74, 6) is 0. The molecule has 0 saturated heterocycles. The van der Waals surface area contributed by atoms with Gasteiger partial charge >= 0.3 is 0 Å². The molecule has 0 N–H and O–H groups in total. The van der Waals surface area contributed by atoms with Crippen LogP contribution >= 0.6 is 0 Å². The fourth-order valence-corrected chi connectivity index (χ4v) is 2.11. The molecule has 20 heavy (non-hydrogen) atoms. The van der Waals surface area contributed by atoms with Gasteiger partial charge in [-0.15, -0.1) is 0 Å². The van der Waals surface area contributed by atoms with E-state index < -0.39 is 0 Å². The molecular formula is C14H8N4O2. The molecule has 6 nitrogen and oxygen atoms in total. The second kappa shape index (κ2) is 3.99. The maximum absolute atomic E-state index is 12.0. The maximum atomic E-state index is 12.0. The van der Waals surface area contributed by atoms with Gasteiger partial charge < -0.3 is 4.42 Å². The Labute approximate surface area is 112 Å². The quantitative estimate of drug-likeness (QED) is 0.525. The monoisotopic (exact) mass is 264 g/mol. The standard InChI is InChI=1S/C14H8N4O2/c19-14-7-11(17-13-2-1-5-16-18(13)14)9-3-4-10-12(6-9)20-8-15-10/h1-8H. The Hall–Kier alpha value is -3.02. The molecule has 1 aromatic carbocycles. The van der Waals surface area contributed by atoms with E-state index in [2.05, 4.69) is 15.1 Å². The molecule has 0 aliphatic carbocycles. The van der Waals surface area contributed by atoms with Gasteiger partial charge in [0.15, 0.2) is 17.6 Å². The van der Waals surface area contributed by atoms with Gasteiger partial charge in [0, 0.05) is 17.8 Å². The highest BCUT2D eigenvalue weighted by molar-refractivity contribution is 5.79. The normalized spacial score (nSPS) is 11.2. The van der Waals surface area contributed by atoms with E-state index in [-0.39, 0.29) is 5.56 Å². The van der Waals surface area contributed by atoms with Crippen molar-refractivity contribution in [1.82, 2.24) is 19.6 Å². The molecule has 0 amide bonds. The average Bonchev–Trinajstić information content (AvgIpc) is 2.94. The topological polar surface area (TPSA) is 73.3 Å². The molecule has 0 atom stereocenters. The lowest BCUT2D eigenvalue weighted by Gasteiger charge is -2.02. The van der Waals surface area contributed by atoms with Gasteiger partial charge in [0.05, 0.1) is 5.69 Å². The van der Waals surface area contributed by atoms with Crippen LogP contribution in [-0.4, -0.2) is 19.6 Å². The van der Waals surface area contributed by atoms with E-state index in [1.54, 1.807) is 18.3 Å². The lowest BCUT2D eigenvalue weighted by Crippen LogP contribution is -2.16. The number of fused-ring (bicyclic) bond motifs is 2. The molecule has 3 aromatic heterocycles. The molecule has 4 aromatic rings. The maximum Gasteiger partial charge on any atom is 0.275 e. The summed E-state index contributed by atoms with van der Waals surface area (Å²) in [6.45, 7) is 0. The van der Waals surface area contributed by atoms with Gasteiger partial charge in [-0.25, -0.2) is 9.97 Å². The van der Waals surface area contributed by atoms with Crippen molar-refractivity contribution in [2.75, 3.05) is 0 Å². The predicted octanol–water partition coefficient (Wildman–Crippen LogP) is 1.90. The summed E-state index contributed by atoms with van der Waals surface area (Å²) in [6.07, 6.45) is 2.94. The Kier molecular flexibility index (Phi) is 2.17. The van der Waals surface area contributed by atoms with E-state index in [0.29, 0.717) is 16.9 Å². The third kappa shape index (κ3) is 1.58. The predicted molar refractivity (Wildman–Crippen MR) is 72.3 cm³/mol. The fraction of sp³-hybridized carbons (Fsp3) is 0. The van der Waals surface area contributed by atoms with Crippen molar-refractivity contribution in [1.29, 1.82) is 0 Å². The summed E-state index contributed by atoms with van der Waals surface area (Å²) in [4.78, 5) is 20.5. The van der Waals surface area contributed by atoms with Crippen LogP contribution in [0.15, 0.2) is 58.2 Å². The van der Waals surface area contributed by atoms with E-state index in [1.807, 2.05) is 18.2 Å². The lowest BCUT2D eigenvalue weighted by atomic mass is 10.1. The first kappa shape index (κ1) is 10.9. The second-order valence-corrected chi connectivity index (χ2v) is 4.31. The molecule has 0 aliphatic heterocycles. The number of nitrogens with zero attached hydrogens (tertiary/aromatic N) is 4. The van der Waals surface area contributed by atoms with Crippen LogP contribution in [0.3, 0.4) is 0 Å². The number of benzene rings is 1. The van der Waals surface area contributed by atoms with Crippen LogP contribution in [0.4, 0.5) is 0 Å². The SMILES string of the molecule is O=c1cc(-c2ccc3ncoc3c2)nc2cccnn12. The number of oxazole rings is 1. The molecule has 0 saturated carbocycles. The van der Waals surface area contributed by atoms with Crippen molar-refractivity contribution < 1.29 is 4.42 Å². The van der Waals surface area contributed by atoms with Gasteiger partial charge in [0.2, 0.25) is 0 Å². The third-order valence-electron chi connectivity index (χ3n) is 3.06. The van der Waals surface area contributed by atoms with Crippen molar-refractivity contribution in [3.63, 3.8) is 0 Å². The van der Waals surface area contributed by atoms with E-state index >= 15 is 0 Å². The molecule has 0 radical (unpaired) electrons. The van der Waals surface area contributed by atoms with Crippen LogP contribution in [0.1, 0.15) is 0 Å². The third-order valence-corrected chi connectivity index (χ3v) is 3.06. The molecule has 0 aliphatic rings. The molecule has 0 spiro atoms. The van der Waals surface area contributed by atoms with E-state index in [0.717, 1.165) is 11.1 Å². The average molecular weight is 264 g/mol. The van der Waals surface area contributed by atoms with Gasteiger partial charge in [-0.05, 0) is 24.3 Å². The first-order valence-electron chi connectivity index (χ1n) is 6.00. The number of hydrogen-bond acceptors (Lipinski definition) is 5. The largest absolute Gasteiger partial charge is 0.443 e. The lowest BCUT2D eigenvalue weighted by molar-refractivity contribution is 0.602. The Bertz CT molecular complexity index is 987. The van der Waals surface area contributed by atoms with Gasteiger partial charge in [0.25, 0.3) is 5.56 Å². The number of rotatable bonds is 1. The van der Waals surface area contributed by atoms with Crippen LogP contribution in [0, 0.1) is 0 Å². The van der Waals surface area contributed by atoms with Crippen LogP contribution in [-0.2, 0) is 0 Å². The highest BCUT2D eigenvalue weighted by atomic mass is 16.3. The number of hydrogen-bond donors (Lipinski definition) is 0. The Morgan fingerprint density at radius 1 is 1.15 bits per heavy atom. The first-order valence-corrected chi connectivity index (χ1v) is 6.00. The highest BCUT2D eigenvalue weighted by Gasteiger charge is 2.07. The summed E-state index contributed by atoms with van der Waals surface area (Å²) in [5, 5.41) is 3.97. The molecule has 6 heteroatoms. The van der Waals surface area contributed by atoms with Crippen LogP contribution < -0.4 is 5.56 Å². The second-order valence-electron chi connectivity index (χ2n) is 4.31. The minimum atomic E-state index is -0.219. The Morgan fingerprint density at radius 2 is 2.10 bits per heavy atom. The minimum Gasteiger partial charge on any atom is -0.443 e. The number of aromatic nitrogens is 4. The highest BCUT2D eigenvalue weighted by Crippen LogP contribution is 2.21. The van der Waals surface area contributed by atoms with Crippen molar-refractivity contribution >= 4 is 16.7 Å². The van der Waals surface area contributed by atoms with Crippen molar-refractivity contribution in [2.24, 2.45) is 0 Å². The van der Waals surface area contributed by atoms with Gasteiger partial charge in [-0.2, -0.15) is 9.61 Å². The molecule has 96 valence electrons. The van der Waals surface area contributed by atoms with Gasteiger partial charge in [-0.3, -0.25) is 4.79 Å². The van der Waals surface area contributed by atoms with E-state index in [9.17, 15) is 4.79 Å². The van der Waals surface area contributed by atoms with Gasteiger partial charge in [0.1, 0.15) is 5.52 Å². The molecular weight excluding hydrogens is 256 g/mol. The summed E-state index contributed by atoms with van der Waals surface area (Å²) in [7, 11) is 0. The first-order chi connectivity index (χ1) is 9.81. The van der Waals surface area contributed by atoms with Crippen molar-refractivity contribution in [3.05, 3.63) is 59.3 Å².